The van der Waals surface area contributed by atoms with Gasteiger partial charge in [-0.05, 0) is 72.8 Å². The third-order valence-corrected chi connectivity index (χ3v) is 6.13. The number of nitrogens with zero attached hydrogens (tertiary/aromatic N) is 2. The van der Waals surface area contributed by atoms with Crippen LogP contribution in [-0.2, 0) is 0 Å². The van der Waals surface area contributed by atoms with Crippen LogP contribution in [0.5, 0.6) is 0 Å². The molecule has 0 saturated heterocycles. The van der Waals surface area contributed by atoms with Crippen molar-refractivity contribution in [3.8, 4) is 0 Å². The van der Waals surface area contributed by atoms with E-state index < -0.39 is 0 Å². The molecule has 8 heteroatoms. The molecule has 0 aliphatic carbocycles. The van der Waals surface area contributed by atoms with Crippen LogP contribution in [0, 0.1) is 0 Å². The Labute approximate surface area is 225 Å². The van der Waals surface area contributed by atoms with Crippen LogP contribution in [0.3, 0.4) is 0 Å². The molecule has 0 spiro atoms. The number of hydrogen-bond donors (Lipinski definition) is 1. The molecule has 1 N–H and O–H groups in total. The minimum atomic E-state index is -0.319. The zero-order valence-corrected chi connectivity index (χ0v) is 21.2. The van der Waals surface area contributed by atoms with E-state index in [9.17, 15) is 14.4 Å². The monoisotopic (exact) mass is 531 g/mol. The van der Waals surface area contributed by atoms with Crippen LogP contribution < -0.4 is 15.1 Å². The van der Waals surface area contributed by atoms with Gasteiger partial charge in [0.25, 0.3) is 17.7 Å². The SMILES string of the molecule is O=C(Nc1ccc(N(CCl)C(=O)c2ccccc2)cc1)c1ccc(N(CCl)C(=O)c2ccccc2)cc1. The molecule has 4 aromatic rings. The van der Waals surface area contributed by atoms with E-state index in [2.05, 4.69) is 5.32 Å². The van der Waals surface area contributed by atoms with Gasteiger partial charge in [0, 0.05) is 33.8 Å². The lowest BCUT2D eigenvalue weighted by Crippen LogP contribution is -2.29. The van der Waals surface area contributed by atoms with E-state index in [0.29, 0.717) is 33.8 Å². The van der Waals surface area contributed by atoms with Crippen LogP contribution in [0.25, 0.3) is 0 Å². The maximum atomic E-state index is 12.8. The van der Waals surface area contributed by atoms with Gasteiger partial charge in [-0.1, -0.05) is 36.4 Å². The molecule has 0 heterocycles. The van der Waals surface area contributed by atoms with E-state index in [0.717, 1.165) is 0 Å². The van der Waals surface area contributed by atoms with E-state index in [-0.39, 0.29) is 29.7 Å². The molecule has 0 aliphatic rings. The fraction of sp³-hybridized carbons (Fsp3) is 0.0690. The average Bonchev–Trinajstić information content (AvgIpc) is 2.96. The van der Waals surface area contributed by atoms with Gasteiger partial charge >= 0.3 is 0 Å². The minimum Gasteiger partial charge on any atom is -0.322 e. The number of hydrogen-bond acceptors (Lipinski definition) is 3. The topological polar surface area (TPSA) is 69.7 Å². The lowest BCUT2D eigenvalue weighted by atomic mass is 10.1. The summed E-state index contributed by atoms with van der Waals surface area (Å²) in [7, 11) is 0. The maximum absolute atomic E-state index is 12.8. The number of benzene rings is 4. The fourth-order valence-corrected chi connectivity index (χ4v) is 4.17. The number of carbonyl (C=O) groups is 3. The summed E-state index contributed by atoms with van der Waals surface area (Å²) in [5.41, 5.74) is 3.20. The second kappa shape index (κ2) is 12.2. The van der Waals surface area contributed by atoms with Crippen molar-refractivity contribution in [2.24, 2.45) is 0 Å². The first kappa shape index (κ1) is 25.9. The van der Waals surface area contributed by atoms with E-state index in [1.54, 1.807) is 97.1 Å². The number of amides is 3. The summed E-state index contributed by atoms with van der Waals surface area (Å²) in [6, 6.07) is 31.1. The van der Waals surface area contributed by atoms with Gasteiger partial charge in [0.15, 0.2) is 0 Å². The van der Waals surface area contributed by atoms with E-state index in [1.807, 2.05) is 12.1 Å². The summed E-state index contributed by atoms with van der Waals surface area (Å²) in [6.45, 7) is 0. The minimum absolute atomic E-state index is 0.0160. The average molecular weight is 532 g/mol. The first-order valence-corrected chi connectivity index (χ1v) is 12.5. The van der Waals surface area contributed by atoms with Crippen molar-refractivity contribution in [3.05, 3.63) is 126 Å². The molecule has 186 valence electrons. The highest BCUT2D eigenvalue weighted by Gasteiger charge is 2.18. The van der Waals surface area contributed by atoms with Crippen molar-refractivity contribution in [1.29, 1.82) is 0 Å². The highest BCUT2D eigenvalue weighted by molar-refractivity contribution is 6.23. The summed E-state index contributed by atoms with van der Waals surface area (Å²) in [4.78, 5) is 41.2. The number of halogens is 2. The molecule has 4 rings (SSSR count). The summed E-state index contributed by atoms with van der Waals surface area (Å²) < 4.78 is 0. The molecular formula is C29H23Cl2N3O3. The Morgan fingerprint density at radius 3 is 1.35 bits per heavy atom. The normalized spacial score (nSPS) is 10.4. The summed E-state index contributed by atoms with van der Waals surface area (Å²) in [6.07, 6.45) is 0. The zero-order chi connectivity index (χ0) is 26.2. The van der Waals surface area contributed by atoms with Gasteiger partial charge < -0.3 is 5.32 Å². The van der Waals surface area contributed by atoms with Gasteiger partial charge in [0.2, 0.25) is 0 Å². The molecule has 3 amide bonds. The van der Waals surface area contributed by atoms with Crippen LogP contribution >= 0.6 is 23.2 Å². The number of alkyl halides is 2. The predicted octanol–water partition coefficient (Wildman–Crippen LogP) is 6.63. The molecule has 0 bridgehead atoms. The van der Waals surface area contributed by atoms with E-state index in [4.69, 9.17) is 23.2 Å². The zero-order valence-electron chi connectivity index (χ0n) is 19.7. The van der Waals surface area contributed by atoms with Crippen molar-refractivity contribution < 1.29 is 14.4 Å². The molecule has 0 aromatic heterocycles. The Hall–Kier alpha value is -4.13. The smallest absolute Gasteiger partial charge is 0.259 e. The van der Waals surface area contributed by atoms with Gasteiger partial charge in [0.05, 0.1) is 0 Å². The fourth-order valence-electron chi connectivity index (χ4n) is 3.67. The molecule has 0 atom stereocenters. The largest absolute Gasteiger partial charge is 0.322 e. The summed E-state index contributed by atoms with van der Waals surface area (Å²) in [5, 5.41) is 2.83. The van der Waals surface area contributed by atoms with Gasteiger partial charge in [-0.3, -0.25) is 24.2 Å². The summed E-state index contributed by atoms with van der Waals surface area (Å²) in [5.74, 6) is -0.769. The Kier molecular flexibility index (Phi) is 8.56. The van der Waals surface area contributed by atoms with Crippen LogP contribution in [0.2, 0.25) is 0 Å². The number of rotatable bonds is 8. The number of carbonyl (C=O) groups excluding carboxylic acids is 3. The van der Waals surface area contributed by atoms with E-state index in [1.165, 1.54) is 9.80 Å². The van der Waals surface area contributed by atoms with Crippen molar-refractivity contribution in [3.63, 3.8) is 0 Å². The van der Waals surface area contributed by atoms with Crippen LogP contribution in [0.4, 0.5) is 17.1 Å². The standard InChI is InChI=1S/C29H23Cl2N3O3/c30-19-33(28(36)22-7-3-1-4-8-22)25-15-11-21(12-16-25)27(35)32-24-13-17-26(18-14-24)34(20-31)29(37)23-9-5-2-6-10-23/h1-18H,19-20H2,(H,32,35). The quantitative estimate of drug-likeness (QED) is 0.205. The molecule has 0 fully saturated rings. The Morgan fingerprint density at radius 2 is 0.946 bits per heavy atom. The third kappa shape index (κ3) is 6.17. The van der Waals surface area contributed by atoms with Crippen molar-refractivity contribution in [1.82, 2.24) is 0 Å². The van der Waals surface area contributed by atoms with Gasteiger partial charge in [-0.25, -0.2) is 0 Å². The van der Waals surface area contributed by atoms with Gasteiger partial charge in [-0.15, -0.1) is 23.2 Å². The Morgan fingerprint density at radius 1 is 0.541 bits per heavy atom. The summed E-state index contributed by atoms with van der Waals surface area (Å²) >= 11 is 12.1. The Bertz CT molecular complexity index is 1360. The lowest BCUT2D eigenvalue weighted by molar-refractivity contribution is 0.0983. The first-order valence-electron chi connectivity index (χ1n) is 11.4. The van der Waals surface area contributed by atoms with Gasteiger partial charge in [0.1, 0.15) is 12.0 Å². The molecule has 0 radical (unpaired) electrons. The van der Waals surface area contributed by atoms with Crippen molar-refractivity contribution >= 4 is 58.0 Å². The molecule has 4 aromatic carbocycles. The number of nitrogens with one attached hydrogen (secondary N) is 1. The highest BCUT2D eigenvalue weighted by atomic mass is 35.5. The van der Waals surface area contributed by atoms with Crippen LogP contribution in [-0.4, -0.2) is 29.7 Å². The highest BCUT2D eigenvalue weighted by Crippen LogP contribution is 2.23. The molecule has 0 unspecified atom stereocenters. The number of anilines is 3. The van der Waals surface area contributed by atoms with Crippen LogP contribution in [0.15, 0.2) is 109 Å². The molecular weight excluding hydrogens is 509 g/mol. The van der Waals surface area contributed by atoms with Crippen molar-refractivity contribution in [2.45, 2.75) is 0 Å². The van der Waals surface area contributed by atoms with Crippen molar-refractivity contribution in [2.75, 3.05) is 27.1 Å². The lowest BCUT2D eigenvalue weighted by Gasteiger charge is -2.21. The maximum Gasteiger partial charge on any atom is 0.259 e. The van der Waals surface area contributed by atoms with E-state index >= 15 is 0 Å². The molecule has 6 nitrogen and oxygen atoms in total. The second-order valence-corrected chi connectivity index (χ2v) is 8.46. The first-order chi connectivity index (χ1) is 18.0. The van der Waals surface area contributed by atoms with Crippen LogP contribution in [0.1, 0.15) is 31.1 Å². The molecule has 0 aliphatic heterocycles. The van der Waals surface area contributed by atoms with Gasteiger partial charge in [-0.2, -0.15) is 0 Å². The third-order valence-electron chi connectivity index (χ3n) is 5.65. The molecule has 37 heavy (non-hydrogen) atoms. The Balaban J connectivity index is 1.42. The predicted molar refractivity (Wildman–Crippen MR) is 149 cm³/mol. The molecule has 0 saturated carbocycles. The second-order valence-electron chi connectivity index (χ2n) is 7.99.